The van der Waals surface area contributed by atoms with Crippen molar-refractivity contribution in [1.29, 1.82) is 0 Å². The minimum absolute atomic E-state index is 0.259. The molecule has 0 bridgehead atoms. The molecule has 3 nitrogen and oxygen atoms in total. The Kier molecular flexibility index (Phi) is 4.39. The van der Waals surface area contributed by atoms with Crippen LogP contribution < -0.4 is 10.1 Å². The van der Waals surface area contributed by atoms with Gasteiger partial charge in [0.25, 0.3) is 0 Å². The normalized spacial score (nSPS) is 25.9. The monoisotopic (exact) mass is 284 g/mol. The number of nitrogens with one attached hydrogen (secondary N) is 1. The maximum atomic E-state index is 6.30. The topological polar surface area (TPSA) is 34.1 Å². The van der Waals surface area contributed by atoms with Gasteiger partial charge >= 0.3 is 0 Å². The number of nitrogens with zero attached hydrogens (tertiary/aromatic N) is 1. The van der Waals surface area contributed by atoms with E-state index in [1.807, 2.05) is 19.3 Å². The van der Waals surface area contributed by atoms with Gasteiger partial charge in [0.1, 0.15) is 11.9 Å². The molecule has 1 aromatic heterocycles. The Hall–Kier alpha value is -1.61. The Morgan fingerprint density at radius 3 is 3.00 bits per heavy atom. The second kappa shape index (κ2) is 6.44. The van der Waals surface area contributed by atoms with Crippen molar-refractivity contribution in [2.24, 2.45) is 5.92 Å². The lowest BCUT2D eigenvalue weighted by atomic mass is 9.82. The molecule has 0 spiro atoms. The third-order valence-electron chi connectivity index (χ3n) is 4.71. The molecule has 3 rings (SSSR count). The maximum absolute atomic E-state index is 6.30. The average Bonchev–Trinajstić information content (AvgIpc) is 2.54. The molecule has 112 valence electrons. The Morgan fingerprint density at radius 1 is 1.29 bits per heavy atom. The highest BCUT2D eigenvalue weighted by molar-refractivity contribution is 5.79. The van der Waals surface area contributed by atoms with Crippen LogP contribution >= 0.6 is 0 Å². The molecule has 3 atom stereocenters. The third-order valence-corrected chi connectivity index (χ3v) is 4.71. The number of rotatable bonds is 4. The first kappa shape index (κ1) is 14.3. The molecule has 0 radical (unpaired) electrons. The summed E-state index contributed by atoms with van der Waals surface area (Å²) in [5, 5.41) is 4.57. The van der Waals surface area contributed by atoms with E-state index in [2.05, 4.69) is 41.5 Å². The fourth-order valence-electron chi connectivity index (χ4n) is 3.34. The summed E-state index contributed by atoms with van der Waals surface area (Å²) in [7, 11) is 2.04. The zero-order chi connectivity index (χ0) is 14.7. The zero-order valence-corrected chi connectivity index (χ0v) is 12.9. The predicted octanol–water partition coefficient (Wildman–Crippen LogP) is 3.78. The van der Waals surface area contributed by atoms with E-state index in [4.69, 9.17) is 4.74 Å². The molecular weight excluding hydrogens is 260 g/mol. The Balaban J connectivity index is 1.78. The van der Waals surface area contributed by atoms with Crippen molar-refractivity contribution in [3.05, 3.63) is 36.5 Å². The first-order chi connectivity index (χ1) is 10.3. The SMILES string of the molecule is CCC1CCC(NC)C(Oc2ccc3cccnc3c2)C1. The van der Waals surface area contributed by atoms with Crippen molar-refractivity contribution < 1.29 is 4.74 Å². The first-order valence-corrected chi connectivity index (χ1v) is 7.99. The standard InChI is InChI=1S/C18H24N2O/c1-3-13-6-9-16(19-2)18(11-13)21-15-8-7-14-5-4-10-20-17(14)12-15/h4-5,7-8,10,12-13,16,18-19H,3,6,9,11H2,1-2H3. The summed E-state index contributed by atoms with van der Waals surface area (Å²) in [4.78, 5) is 4.41. The van der Waals surface area contributed by atoms with Gasteiger partial charge in [-0.25, -0.2) is 0 Å². The number of hydrogen-bond acceptors (Lipinski definition) is 3. The lowest BCUT2D eigenvalue weighted by Crippen LogP contribution is -2.45. The van der Waals surface area contributed by atoms with Crippen LogP contribution in [0.5, 0.6) is 5.75 Å². The maximum Gasteiger partial charge on any atom is 0.122 e. The lowest BCUT2D eigenvalue weighted by Gasteiger charge is -2.35. The Morgan fingerprint density at radius 2 is 2.19 bits per heavy atom. The molecule has 1 N–H and O–H groups in total. The van der Waals surface area contributed by atoms with E-state index in [9.17, 15) is 0 Å². The van der Waals surface area contributed by atoms with E-state index < -0.39 is 0 Å². The van der Waals surface area contributed by atoms with Crippen LogP contribution in [0, 0.1) is 5.92 Å². The molecular formula is C18H24N2O. The molecule has 1 aromatic carbocycles. The van der Waals surface area contributed by atoms with Crippen LogP contribution in [0.3, 0.4) is 0 Å². The van der Waals surface area contributed by atoms with Gasteiger partial charge in [0.2, 0.25) is 0 Å². The minimum atomic E-state index is 0.259. The molecule has 1 aliphatic carbocycles. The molecule has 0 saturated heterocycles. The van der Waals surface area contributed by atoms with Gasteiger partial charge in [-0.3, -0.25) is 4.98 Å². The summed E-state index contributed by atoms with van der Waals surface area (Å²) in [5.74, 6) is 1.72. The summed E-state index contributed by atoms with van der Waals surface area (Å²) in [6.07, 6.45) is 6.98. The lowest BCUT2D eigenvalue weighted by molar-refractivity contribution is 0.0884. The number of benzene rings is 1. The number of fused-ring (bicyclic) bond motifs is 1. The largest absolute Gasteiger partial charge is 0.489 e. The quantitative estimate of drug-likeness (QED) is 0.927. The predicted molar refractivity (Wildman–Crippen MR) is 86.6 cm³/mol. The zero-order valence-electron chi connectivity index (χ0n) is 12.9. The molecule has 1 saturated carbocycles. The van der Waals surface area contributed by atoms with E-state index >= 15 is 0 Å². The number of hydrogen-bond donors (Lipinski definition) is 1. The van der Waals surface area contributed by atoms with E-state index in [0.29, 0.717) is 6.04 Å². The van der Waals surface area contributed by atoms with Gasteiger partial charge in [0, 0.05) is 23.7 Å². The van der Waals surface area contributed by atoms with Crippen molar-refractivity contribution >= 4 is 10.9 Å². The molecule has 1 fully saturated rings. The van der Waals surface area contributed by atoms with Crippen LogP contribution in [0.4, 0.5) is 0 Å². The molecule has 2 aromatic rings. The van der Waals surface area contributed by atoms with Gasteiger partial charge in [-0.1, -0.05) is 19.4 Å². The van der Waals surface area contributed by atoms with Crippen molar-refractivity contribution in [3.8, 4) is 5.75 Å². The van der Waals surface area contributed by atoms with Crippen LogP contribution in [0.1, 0.15) is 32.6 Å². The second-order valence-electron chi connectivity index (χ2n) is 6.00. The molecule has 3 unspecified atom stereocenters. The van der Waals surface area contributed by atoms with Gasteiger partial charge in [-0.05, 0) is 50.4 Å². The first-order valence-electron chi connectivity index (χ1n) is 7.99. The van der Waals surface area contributed by atoms with Crippen molar-refractivity contribution in [2.45, 2.75) is 44.8 Å². The highest BCUT2D eigenvalue weighted by Crippen LogP contribution is 2.30. The van der Waals surface area contributed by atoms with Gasteiger partial charge in [-0.15, -0.1) is 0 Å². The highest BCUT2D eigenvalue weighted by atomic mass is 16.5. The summed E-state index contributed by atoms with van der Waals surface area (Å²) in [5.41, 5.74) is 0.999. The van der Waals surface area contributed by atoms with Gasteiger partial charge < -0.3 is 10.1 Å². The van der Waals surface area contributed by atoms with Gasteiger partial charge in [0.15, 0.2) is 0 Å². The molecule has 1 aliphatic rings. The molecule has 21 heavy (non-hydrogen) atoms. The summed E-state index contributed by atoms with van der Waals surface area (Å²) in [6.45, 7) is 2.28. The number of ether oxygens (including phenoxy) is 1. The Bertz CT molecular complexity index is 599. The molecule has 0 amide bonds. The fourth-order valence-corrected chi connectivity index (χ4v) is 3.34. The van der Waals surface area contributed by atoms with Crippen molar-refractivity contribution in [2.75, 3.05) is 7.05 Å². The summed E-state index contributed by atoms with van der Waals surface area (Å²) in [6, 6.07) is 10.7. The van der Waals surface area contributed by atoms with Crippen LogP contribution in [0.25, 0.3) is 10.9 Å². The van der Waals surface area contributed by atoms with Crippen LogP contribution in [0.15, 0.2) is 36.5 Å². The minimum Gasteiger partial charge on any atom is -0.489 e. The Labute approximate surface area is 126 Å². The van der Waals surface area contributed by atoms with Crippen LogP contribution in [-0.2, 0) is 0 Å². The van der Waals surface area contributed by atoms with E-state index in [0.717, 1.165) is 29.0 Å². The van der Waals surface area contributed by atoms with Crippen LogP contribution in [-0.4, -0.2) is 24.2 Å². The summed E-state index contributed by atoms with van der Waals surface area (Å²) >= 11 is 0. The van der Waals surface area contributed by atoms with Crippen LogP contribution in [0.2, 0.25) is 0 Å². The third kappa shape index (κ3) is 3.18. The summed E-state index contributed by atoms with van der Waals surface area (Å²) < 4.78 is 6.30. The average molecular weight is 284 g/mol. The van der Waals surface area contributed by atoms with E-state index in [1.54, 1.807) is 0 Å². The van der Waals surface area contributed by atoms with Crippen molar-refractivity contribution in [3.63, 3.8) is 0 Å². The van der Waals surface area contributed by atoms with Crippen molar-refractivity contribution in [1.82, 2.24) is 10.3 Å². The number of aromatic nitrogens is 1. The van der Waals surface area contributed by atoms with Gasteiger partial charge in [-0.2, -0.15) is 0 Å². The second-order valence-corrected chi connectivity index (χ2v) is 6.00. The fraction of sp³-hybridized carbons (Fsp3) is 0.500. The molecule has 3 heteroatoms. The van der Waals surface area contributed by atoms with E-state index in [1.165, 1.54) is 19.3 Å². The molecule has 0 aliphatic heterocycles. The molecule has 1 heterocycles. The smallest absolute Gasteiger partial charge is 0.122 e. The van der Waals surface area contributed by atoms with Gasteiger partial charge in [0.05, 0.1) is 5.52 Å². The number of pyridine rings is 1. The number of likely N-dealkylation sites (N-methyl/N-ethyl adjacent to an activating group) is 1. The van der Waals surface area contributed by atoms with E-state index in [-0.39, 0.29) is 6.10 Å². The highest BCUT2D eigenvalue weighted by Gasteiger charge is 2.30.